The Labute approximate surface area is 171 Å². The molecule has 7 nitrogen and oxygen atoms in total. The fraction of sp³-hybridized carbons (Fsp3) is 0.364. The molecule has 0 aliphatic heterocycles. The maximum absolute atomic E-state index is 13.0. The number of hydrogen-bond acceptors (Lipinski definition) is 5. The first-order valence-corrected chi connectivity index (χ1v) is 9.43. The van der Waals surface area contributed by atoms with Crippen LogP contribution in [-0.4, -0.2) is 50.6 Å². The summed E-state index contributed by atoms with van der Waals surface area (Å²) >= 11 is 0. The average molecular weight is 400 g/mol. The molecule has 2 aromatic carbocycles. The van der Waals surface area contributed by atoms with E-state index in [2.05, 4.69) is 5.32 Å². The monoisotopic (exact) mass is 400 g/mol. The van der Waals surface area contributed by atoms with Gasteiger partial charge in [-0.3, -0.25) is 9.59 Å². The summed E-state index contributed by atoms with van der Waals surface area (Å²) in [5.41, 5.74) is 0.894. The van der Waals surface area contributed by atoms with Gasteiger partial charge in [0.15, 0.2) is 6.61 Å². The van der Waals surface area contributed by atoms with Gasteiger partial charge >= 0.3 is 0 Å². The molecule has 2 rings (SSSR count). The quantitative estimate of drug-likeness (QED) is 0.663. The predicted octanol–water partition coefficient (Wildman–Crippen LogP) is 2.64. The molecule has 0 aliphatic carbocycles. The Balaban J connectivity index is 2.15. The molecule has 0 spiro atoms. The van der Waals surface area contributed by atoms with Gasteiger partial charge in [0.2, 0.25) is 5.91 Å². The number of nitrogens with one attached hydrogen (secondary N) is 1. The van der Waals surface area contributed by atoms with Crippen LogP contribution in [0.25, 0.3) is 0 Å². The number of rotatable bonds is 10. The van der Waals surface area contributed by atoms with Crippen LogP contribution in [0.15, 0.2) is 48.5 Å². The van der Waals surface area contributed by atoms with Crippen LogP contribution in [0.2, 0.25) is 0 Å². The van der Waals surface area contributed by atoms with Gasteiger partial charge in [-0.05, 0) is 48.4 Å². The van der Waals surface area contributed by atoms with Gasteiger partial charge in [-0.2, -0.15) is 0 Å². The van der Waals surface area contributed by atoms with Gasteiger partial charge in [-0.15, -0.1) is 0 Å². The van der Waals surface area contributed by atoms with Crippen molar-refractivity contribution in [3.05, 3.63) is 54.1 Å². The minimum atomic E-state index is -0.589. The summed E-state index contributed by atoms with van der Waals surface area (Å²) in [6.45, 7) is 2.00. The van der Waals surface area contributed by atoms with E-state index in [9.17, 15) is 9.59 Å². The SMILES string of the molecule is CCC(C(=O)NC)N(Cc1ccc(OC)cc1)C(=O)COc1ccc(OC)cc1. The Hall–Kier alpha value is -3.22. The van der Waals surface area contributed by atoms with Crippen molar-refractivity contribution in [1.82, 2.24) is 10.2 Å². The van der Waals surface area contributed by atoms with Gasteiger partial charge in [0.05, 0.1) is 14.2 Å². The molecule has 156 valence electrons. The zero-order chi connectivity index (χ0) is 21.2. The smallest absolute Gasteiger partial charge is 0.261 e. The summed E-state index contributed by atoms with van der Waals surface area (Å²) in [4.78, 5) is 26.8. The lowest BCUT2D eigenvalue weighted by atomic mass is 10.1. The number of amides is 2. The van der Waals surface area contributed by atoms with Crippen molar-refractivity contribution in [2.75, 3.05) is 27.9 Å². The third-order valence-electron chi connectivity index (χ3n) is 4.57. The van der Waals surface area contributed by atoms with Crippen molar-refractivity contribution in [2.45, 2.75) is 25.9 Å². The molecule has 7 heteroatoms. The molecule has 1 N–H and O–H groups in total. The van der Waals surface area contributed by atoms with Crippen LogP contribution in [0.5, 0.6) is 17.2 Å². The molecular weight excluding hydrogens is 372 g/mol. The van der Waals surface area contributed by atoms with E-state index < -0.39 is 6.04 Å². The van der Waals surface area contributed by atoms with Crippen molar-refractivity contribution < 1.29 is 23.8 Å². The maximum atomic E-state index is 13.0. The van der Waals surface area contributed by atoms with E-state index in [1.54, 1.807) is 50.4 Å². The van der Waals surface area contributed by atoms with Gasteiger partial charge < -0.3 is 24.4 Å². The molecule has 2 aromatic rings. The fourth-order valence-corrected chi connectivity index (χ4v) is 2.91. The Kier molecular flexibility index (Phi) is 8.33. The first kappa shape index (κ1) is 22.1. The summed E-state index contributed by atoms with van der Waals surface area (Å²) in [5.74, 6) is 1.51. The van der Waals surface area contributed by atoms with E-state index in [0.717, 1.165) is 11.3 Å². The lowest BCUT2D eigenvalue weighted by molar-refractivity contribution is -0.142. The zero-order valence-electron chi connectivity index (χ0n) is 17.3. The molecule has 1 unspecified atom stereocenters. The molecule has 0 aromatic heterocycles. The molecule has 2 amide bonds. The van der Waals surface area contributed by atoms with Crippen molar-refractivity contribution in [1.29, 1.82) is 0 Å². The number of carbonyl (C=O) groups is 2. The first-order valence-electron chi connectivity index (χ1n) is 9.43. The lowest BCUT2D eigenvalue weighted by Gasteiger charge is -2.30. The van der Waals surface area contributed by atoms with E-state index in [0.29, 0.717) is 24.5 Å². The normalized spacial score (nSPS) is 11.3. The Morgan fingerprint density at radius 3 is 1.93 bits per heavy atom. The highest BCUT2D eigenvalue weighted by Crippen LogP contribution is 2.19. The highest BCUT2D eigenvalue weighted by Gasteiger charge is 2.28. The van der Waals surface area contributed by atoms with E-state index in [1.165, 1.54) is 0 Å². The molecule has 1 atom stereocenters. The topological polar surface area (TPSA) is 77.1 Å². The Morgan fingerprint density at radius 2 is 1.45 bits per heavy atom. The van der Waals surface area contributed by atoms with Gasteiger partial charge in [-0.25, -0.2) is 0 Å². The Bertz CT molecular complexity index is 790. The highest BCUT2D eigenvalue weighted by molar-refractivity contribution is 5.88. The van der Waals surface area contributed by atoms with Crippen molar-refractivity contribution in [3.8, 4) is 17.2 Å². The number of methoxy groups -OCH3 is 2. The third-order valence-corrected chi connectivity index (χ3v) is 4.57. The summed E-state index contributed by atoms with van der Waals surface area (Å²) in [5, 5.41) is 2.63. The minimum Gasteiger partial charge on any atom is -0.497 e. The first-order chi connectivity index (χ1) is 14.0. The van der Waals surface area contributed by atoms with Crippen LogP contribution < -0.4 is 19.5 Å². The Morgan fingerprint density at radius 1 is 0.931 bits per heavy atom. The van der Waals surface area contributed by atoms with E-state index in [4.69, 9.17) is 14.2 Å². The average Bonchev–Trinajstić information content (AvgIpc) is 2.77. The minimum absolute atomic E-state index is 0.171. The molecule has 0 aliphatic rings. The molecule has 0 heterocycles. The van der Waals surface area contributed by atoms with Crippen molar-refractivity contribution in [2.24, 2.45) is 0 Å². The molecule has 0 bridgehead atoms. The number of hydrogen-bond donors (Lipinski definition) is 1. The molecule has 0 saturated heterocycles. The summed E-state index contributed by atoms with van der Waals surface area (Å²) in [7, 11) is 4.75. The molecule has 0 saturated carbocycles. The van der Waals surface area contributed by atoms with Crippen molar-refractivity contribution in [3.63, 3.8) is 0 Å². The third kappa shape index (κ3) is 6.14. The number of carbonyl (C=O) groups excluding carboxylic acids is 2. The largest absolute Gasteiger partial charge is 0.497 e. The van der Waals surface area contributed by atoms with Gasteiger partial charge in [0, 0.05) is 13.6 Å². The molecule has 29 heavy (non-hydrogen) atoms. The van der Waals surface area contributed by atoms with Crippen LogP contribution in [0.4, 0.5) is 0 Å². The van der Waals surface area contributed by atoms with E-state index >= 15 is 0 Å². The standard InChI is InChI=1S/C22H28N2O5/c1-5-20(22(26)23-2)24(14-16-6-8-17(27-3)9-7-16)21(25)15-29-19-12-10-18(28-4)11-13-19/h6-13,20H,5,14-15H2,1-4H3,(H,23,26). The number of likely N-dealkylation sites (N-methyl/N-ethyl adjacent to an activating group) is 1. The van der Waals surface area contributed by atoms with E-state index in [1.807, 2.05) is 31.2 Å². The van der Waals surface area contributed by atoms with Gasteiger partial charge in [-0.1, -0.05) is 19.1 Å². The van der Waals surface area contributed by atoms with Crippen LogP contribution in [-0.2, 0) is 16.1 Å². The van der Waals surface area contributed by atoms with Gasteiger partial charge in [0.25, 0.3) is 5.91 Å². The van der Waals surface area contributed by atoms with Crippen LogP contribution >= 0.6 is 0 Å². The summed E-state index contributed by atoms with van der Waals surface area (Å²) in [6.07, 6.45) is 0.490. The van der Waals surface area contributed by atoms with Crippen LogP contribution in [0.1, 0.15) is 18.9 Å². The summed E-state index contributed by atoms with van der Waals surface area (Å²) in [6, 6.07) is 13.8. The van der Waals surface area contributed by atoms with Gasteiger partial charge in [0.1, 0.15) is 23.3 Å². The second kappa shape index (κ2) is 10.9. The van der Waals surface area contributed by atoms with E-state index in [-0.39, 0.29) is 18.4 Å². The van der Waals surface area contributed by atoms with Crippen molar-refractivity contribution >= 4 is 11.8 Å². The summed E-state index contributed by atoms with van der Waals surface area (Å²) < 4.78 is 15.9. The number of benzene rings is 2. The molecule has 0 radical (unpaired) electrons. The molecule has 0 fully saturated rings. The lowest BCUT2D eigenvalue weighted by Crippen LogP contribution is -2.49. The zero-order valence-corrected chi connectivity index (χ0v) is 17.3. The predicted molar refractivity (Wildman–Crippen MR) is 110 cm³/mol. The second-order valence-electron chi connectivity index (χ2n) is 6.37. The van der Waals surface area contributed by atoms with Crippen LogP contribution in [0, 0.1) is 0 Å². The number of ether oxygens (including phenoxy) is 3. The second-order valence-corrected chi connectivity index (χ2v) is 6.37. The highest BCUT2D eigenvalue weighted by atomic mass is 16.5. The fourth-order valence-electron chi connectivity index (χ4n) is 2.91. The number of nitrogens with zero attached hydrogens (tertiary/aromatic N) is 1. The van der Waals surface area contributed by atoms with Crippen LogP contribution in [0.3, 0.4) is 0 Å². The maximum Gasteiger partial charge on any atom is 0.261 e. The molecular formula is C22H28N2O5.